The SMILES string of the molecule is C[C@H]1OC[C@]2(c3cc(NC(=O)c4ccc(Cl)cn4)ccc3F)N=C(N)SC[C@H]12. The molecule has 28 heavy (non-hydrogen) atoms. The number of benzene rings is 1. The van der Waals surface area contributed by atoms with E-state index in [0.717, 1.165) is 0 Å². The second-order valence-electron chi connectivity index (χ2n) is 6.82. The van der Waals surface area contributed by atoms with Crippen LogP contribution in [0.4, 0.5) is 10.1 Å². The van der Waals surface area contributed by atoms with Crippen molar-refractivity contribution in [3.8, 4) is 0 Å². The first-order chi connectivity index (χ1) is 13.4. The van der Waals surface area contributed by atoms with Crippen LogP contribution in [0.3, 0.4) is 0 Å². The van der Waals surface area contributed by atoms with Crippen molar-refractivity contribution in [2.45, 2.75) is 18.6 Å². The highest BCUT2D eigenvalue weighted by Gasteiger charge is 2.52. The average molecular weight is 421 g/mol. The van der Waals surface area contributed by atoms with E-state index in [-0.39, 0.29) is 24.3 Å². The zero-order chi connectivity index (χ0) is 19.9. The van der Waals surface area contributed by atoms with Gasteiger partial charge in [-0.1, -0.05) is 23.4 Å². The Balaban J connectivity index is 1.68. The second-order valence-corrected chi connectivity index (χ2v) is 8.30. The van der Waals surface area contributed by atoms with Crippen LogP contribution in [0.2, 0.25) is 5.02 Å². The lowest BCUT2D eigenvalue weighted by Gasteiger charge is -2.35. The molecule has 1 aromatic carbocycles. The number of anilines is 1. The van der Waals surface area contributed by atoms with Crippen molar-refractivity contribution in [1.82, 2.24) is 4.98 Å². The lowest BCUT2D eigenvalue weighted by molar-refractivity contribution is 0.102. The number of aliphatic imine (C=N–C) groups is 1. The number of pyridine rings is 1. The number of rotatable bonds is 3. The third kappa shape index (κ3) is 3.36. The first-order valence-electron chi connectivity index (χ1n) is 8.72. The minimum Gasteiger partial charge on any atom is -0.379 e. The number of ether oxygens (including phenoxy) is 1. The van der Waals surface area contributed by atoms with E-state index in [1.807, 2.05) is 6.92 Å². The topological polar surface area (TPSA) is 89.6 Å². The van der Waals surface area contributed by atoms with Gasteiger partial charge in [-0.25, -0.2) is 14.4 Å². The predicted octanol–water partition coefficient (Wildman–Crippen LogP) is 3.42. The number of amides is 1. The molecule has 0 aliphatic carbocycles. The number of thioether (sulfide) groups is 1. The standard InChI is InChI=1S/C19H18ClFN4O2S/c1-10-14-8-28-18(22)25-19(14,9-27-10)13-6-12(3-4-15(13)21)24-17(26)16-5-2-11(20)7-23-16/h2-7,10,14H,8-9H2,1H3,(H2,22,25)(H,24,26)/t10-,14-,19-/m1/s1. The van der Waals surface area contributed by atoms with Gasteiger partial charge < -0.3 is 15.8 Å². The second kappa shape index (κ2) is 7.35. The van der Waals surface area contributed by atoms with Gasteiger partial charge in [0.05, 0.1) is 17.7 Å². The number of nitrogens with one attached hydrogen (secondary N) is 1. The largest absolute Gasteiger partial charge is 0.379 e. The van der Waals surface area contributed by atoms with Crippen LogP contribution < -0.4 is 11.1 Å². The zero-order valence-electron chi connectivity index (χ0n) is 15.0. The van der Waals surface area contributed by atoms with Crippen molar-refractivity contribution in [3.05, 3.63) is 58.6 Å². The minimum atomic E-state index is -0.891. The molecule has 0 unspecified atom stereocenters. The number of nitrogens with zero attached hydrogens (tertiary/aromatic N) is 2. The summed E-state index contributed by atoms with van der Waals surface area (Å²) in [5, 5.41) is 3.59. The number of nitrogens with two attached hydrogens (primary N) is 1. The summed E-state index contributed by atoms with van der Waals surface area (Å²) in [5.74, 6) is -0.139. The maximum atomic E-state index is 14.8. The molecular weight excluding hydrogens is 403 g/mol. The Morgan fingerprint density at radius 1 is 1.43 bits per heavy atom. The van der Waals surface area contributed by atoms with E-state index in [1.165, 1.54) is 36.2 Å². The van der Waals surface area contributed by atoms with Crippen molar-refractivity contribution in [2.75, 3.05) is 17.7 Å². The molecule has 1 amide bonds. The molecule has 0 bridgehead atoms. The highest BCUT2D eigenvalue weighted by atomic mass is 35.5. The monoisotopic (exact) mass is 420 g/mol. The Labute approximate surface area is 170 Å². The summed E-state index contributed by atoms with van der Waals surface area (Å²) in [5.41, 5.74) is 6.09. The molecule has 146 valence electrons. The molecule has 2 aliphatic heterocycles. The summed E-state index contributed by atoms with van der Waals surface area (Å²) in [4.78, 5) is 21.0. The van der Waals surface area contributed by atoms with E-state index < -0.39 is 17.3 Å². The van der Waals surface area contributed by atoms with Gasteiger partial charge in [0.15, 0.2) is 5.17 Å². The molecule has 1 fully saturated rings. The Bertz CT molecular complexity index is 955. The third-order valence-corrected chi connectivity index (χ3v) is 6.25. The summed E-state index contributed by atoms with van der Waals surface area (Å²) in [7, 11) is 0. The molecule has 3 heterocycles. The fraction of sp³-hybridized carbons (Fsp3) is 0.316. The molecular formula is C19H18ClFN4O2S. The molecule has 2 aromatic rings. The van der Waals surface area contributed by atoms with Gasteiger partial charge in [-0.15, -0.1) is 0 Å². The fourth-order valence-electron chi connectivity index (χ4n) is 3.64. The van der Waals surface area contributed by atoms with Crippen LogP contribution >= 0.6 is 23.4 Å². The van der Waals surface area contributed by atoms with Gasteiger partial charge in [0.1, 0.15) is 17.1 Å². The van der Waals surface area contributed by atoms with E-state index in [4.69, 9.17) is 22.1 Å². The van der Waals surface area contributed by atoms with E-state index in [0.29, 0.717) is 27.2 Å². The summed E-state index contributed by atoms with van der Waals surface area (Å²) in [6, 6.07) is 7.53. The number of hydrogen-bond acceptors (Lipinski definition) is 6. The molecule has 4 rings (SSSR count). The van der Waals surface area contributed by atoms with E-state index >= 15 is 0 Å². The van der Waals surface area contributed by atoms with E-state index in [2.05, 4.69) is 15.3 Å². The summed E-state index contributed by atoms with van der Waals surface area (Å²) >= 11 is 7.25. The Hall–Kier alpha value is -2.16. The molecule has 6 nitrogen and oxygen atoms in total. The van der Waals surface area contributed by atoms with E-state index in [1.54, 1.807) is 12.1 Å². The Morgan fingerprint density at radius 2 is 2.25 bits per heavy atom. The lowest BCUT2D eigenvalue weighted by atomic mass is 9.79. The van der Waals surface area contributed by atoms with Crippen molar-refractivity contribution >= 4 is 40.1 Å². The number of hydrogen-bond donors (Lipinski definition) is 2. The maximum Gasteiger partial charge on any atom is 0.274 e. The van der Waals surface area contributed by atoms with Crippen molar-refractivity contribution in [3.63, 3.8) is 0 Å². The molecule has 1 aromatic heterocycles. The minimum absolute atomic E-state index is 0.0109. The van der Waals surface area contributed by atoms with Crippen LogP contribution in [0.15, 0.2) is 41.5 Å². The Morgan fingerprint density at radius 3 is 3.00 bits per heavy atom. The average Bonchev–Trinajstić information content (AvgIpc) is 3.00. The van der Waals surface area contributed by atoms with Gasteiger partial charge in [0, 0.05) is 29.1 Å². The molecule has 2 aliphatic rings. The molecule has 1 saturated heterocycles. The fourth-order valence-corrected chi connectivity index (χ4v) is 4.88. The summed E-state index contributed by atoms with van der Waals surface area (Å²) in [6.07, 6.45) is 1.32. The lowest BCUT2D eigenvalue weighted by Crippen LogP contribution is -2.41. The maximum absolute atomic E-state index is 14.8. The van der Waals surface area contributed by atoms with Gasteiger partial charge in [0.25, 0.3) is 5.91 Å². The predicted molar refractivity (Wildman–Crippen MR) is 108 cm³/mol. The quantitative estimate of drug-likeness (QED) is 0.794. The number of halogens is 2. The Kier molecular flexibility index (Phi) is 5.03. The van der Waals surface area contributed by atoms with Gasteiger partial charge in [-0.2, -0.15) is 0 Å². The molecule has 9 heteroatoms. The number of carbonyl (C=O) groups is 1. The normalized spacial score (nSPS) is 26.5. The van der Waals surface area contributed by atoms with Crippen LogP contribution in [0.1, 0.15) is 23.0 Å². The first-order valence-corrected chi connectivity index (χ1v) is 10.1. The van der Waals surface area contributed by atoms with Crippen molar-refractivity contribution < 1.29 is 13.9 Å². The number of carbonyl (C=O) groups excluding carboxylic acids is 1. The van der Waals surface area contributed by atoms with Gasteiger partial charge in [-0.3, -0.25) is 4.79 Å². The first kappa shape index (κ1) is 19.2. The number of fused-ring (bicyclic) bond motifs is 1. The van der Waals surface area contributed by atoms with Crippen LogP contribution in [-0.4, -0.2) is 34.5 Å². The van der Waals surface area contributed by atoms with Gasteiger partial charge in [0.2, 0.25) is 0 Å². The number of amidine groups is 1. The highest BCUT2D eigenvalue weighted by Crippen LogP contribution is 2.48. The van der Waals surface area contributed by atoms with Crippen molar-refractivity contribution in [1.29, 1.82) is 0 Å². The zero-order valence-corrected chi connectivity index (χ0v) is 16.6. The number of aromatic nitrogens is 1. The smallest absolute Gasteiger partial charge is 0.274 e. The van der Waals surface area contributed by atoms with Crippen molar-refractivity contribution in [2.24, 2.45) is 16.6 Å². The van der Waals surface area contributed by atoms with Crippen LogP contribution in [0.5, 0.6) is 0 Å². The highest BCUT2D eigenvalue weighted by molar-refractivity contribution is 8.13. The molecule has 3 N–H and O–H groups in total. The summed E-state index contributed by atoms with van der Waals surface area (Å²) < 4.78 is 20.6. The molecule has 3 atom stereocenters. The molecule has 0 saturated carbocycles. The van der Waals surface area contributed by atoms with E-state index in [9.17, 15) is 9.18 Å². The third-order valence-electron chi connectivity index (χ3n) is 5.12. The molecule has 0 radical (unpaired) electrons. The summed E-state index contributed by atoms with van der Waals surface area (Å²) in [6.45, 7) is 2.20. The van der Waals surface area contributed by atoms with Crippen LogP contribution in [0, 0.1) is 11.7 Å². The van der Waals surface area contributed by atoms with Crippen LogP contribution in [0.25, 0.3) is 0 Å². The van der Waals surface area contributed by atoms with Gasteiger partial charge in [-0.05, 0) is 37.3 Å². The van der Waals surface area contributed by atoms with Gasteiger partial charge >= 0.3 is 0 Å². The molecule has 0 spiro atoms. The van der Waals surface area contributed by atoms with Crippen LogP contribution in [-0.2, 0) is 10.3 Å².